The summed E-state index contributed by atoms with van der Waals surface area (Å²) < 4.78 is 22.1. The topological polar surface area (TPSA) is 60.2 Å². The van der Waals surface area contributed by atoms with Crippen LogP contribution in [0.3, 0.4) is 0 Å². The van der Waals surface area contributed by atoms with Crippen molar-refractivity contribution in [2.45, 2.75) is 37.6 Å². The minimum Gasteiger partial charge on any atom is -0.381 e. The molecule has 1 atom stereocenters. The van der Waals surface area contributed by atoms with Gasteiger partial charge in [-0.15, -0.1) is 10.2 Å². The molecule has 1 spiro atoms. The van der Waals surface area contributed by atoms with Crippen molar-refractivity contribution in [3.05, 3.63) is 46.8 Å². The molecule has 3 heterocycles. The summed E-state index contributed by atoms with van der Waals surface area (Å²) in [6.07, 6.45) is 5.81. The summed E-state index contributed by atoms with van der Waals surface area (Å²) in [4.78, 5) is 14.9. The second-order valence-corrected chi connectivity index (χ2v) is 8.60. The SMILES string of the molecule is O=C(c1cc(Cl)ccc1F)N1CC(c2nncn2C2CC2)C2(CCOCC2)C1. The fourth-order valence-corrected chi connectivity index (χ4v) is 4.90. The van der Waals surface area contributed by atoms with Gasteiger partial charge in [0.1, 0.15) is 18.0 Å². The minimum atomic E-state index is -0.542. The van der Waals surface area contributed by atoms with Crippen LogP contribution in [0.5, 0.6) is 0 Å². The normalized spacial score (nSPS) is 24.1. The van der Waals surface area contributed by atoms with E-state index in [1.54, 1.807) is 11.2 Å². The van der Waals surface area contributed by atoms with Crippen LogP contribution in [0.2, 0.25) is 5.02 Å². The molecular weight excluding hydrogens is 383 g/mol. The number of halogens is 2. The van der Waals surface area contributed by atoms with Crippen LogP contribution in [0.4, 0.5) is 4.39 Å². The van der Waals surface area contributed by atoms with Gasteiger partial charge in [0, 0.05) is 48.7 Å². The van der Waals surface area contributed by atoms with Gasteiger partial charge in [0.2, 0.25) is 0 Å². The average Bonchev–Trinajstić information content (AvgIpc) is 3.33. The van der Waals surface area contributed by atoms with Crippen LogP contribution in [0, 0.1) is 11.2 Å². The molecule has 0 bridgehead atoms. The molecule has 0 radical (unpaired) electrons. The van der Waals surface area contributed by atoms with E-state index in [2.05, 4.69) is 14.8 Å². The number of amides is 1. The first-order chi connectivity index (χ1) is 13.6. The summed E-state index contributed by atoms with van der Waals surface area (Å²) in [6, 6.07) is 4.59. The van der Waals surface area contributed by atoms with Crippen molar-refractivity contribution in [3.8, 4) is 0 Å². The van der Waals surface area contributed by atoms with Crippen molar-refractivity contribution in [2.24, 2.45) is 5.41 Å². The van der Waals surface area contributed by atoms with Gasteiger partial charge in [-0.05, 0) is 43.9 Å². The van der Waals surface area contributed by atoms with E-state index in [-0.39, 0.29) is 22.8 Å². The Bertz CT molecular complexity index is 907. The third-order valence-corrected chi connectivity index (χ3v) is 6.67. The van der Waals surface area contributed by atoms with Gasteiger partial charge in [-0.2, -0.15) is 0 Å². The molecule has 8 heteroatoms. The van der Waals surface area contributed by atoms with Gasteiger partial charge < -0.3 is 14.2 Å². The zero-order valence-corrected chi connectivity index (χ0v) is 16.2. The highest BCUT2D eigenvalue weighted by Gasteiger charge is 2.51. The fourth-order valence-electron chi connectivity index (χ4n) is 4.73. The molecule has 5 rings (SSSR count). The molecule has 3 fully saturated rings. The third kappa shape index (κ3) is 3.01. The number of ether oxygens (including phenoxy) is 1. The summed E-state index contributed by atoms with van der Waals surface area (Å²) in [5, 5.41) is 8.96. The van der Waals surface area contributed by atoms with Crippen LogP contribution >= 0.6 is 11.6 Å². The quantitative estimate of drug-likeness (QED) is 0.786. The number of carbonyl (C=O) groups is 1. The maximum Gasteiger partial charge on any atom is 0.256 e. The van der Waals surface area contributed by atoms with Gasteiger partial charge in [-0.3, -0.25) is 4.79 Å². The second kappa shape index (κ2) is 6.81. The van der Waals surface area contributed by atoms with Gasteiger partial charge in [0.15, 0.2) is 0 Å². The molecule has 2 aliphatic heterocycles. The van der Waals surface area contributed by atoms with Crippen LogP contribution in [0.1, 0.15) is 53.8 Å². The first kappa shape index (κ1) is 18.1. The fraction of sp³-hybridized carbons (Fsp3) is 0.550. The van der Waals surface area contributed by atoms with Gasteiger partial charge in [0.25, 0.3) is 5.91 Å². The summed E-state index contributed by atoms with van der Waals surface area (Å²) >= 11 is 6.01. The van der Waals surface area contributed by atoms with E-state index in [1.165, 1.54) is 18.2 Å². The molecule has 1 aliphatic carbocycles. The Kier molecular flexibility index (Phi) is 4.39. The number of aromatic nitrogens is 3. The number of benzene rings is 1. The van der Waals surface area contributed by atoms with E-state index in [1.807, 2.05) is 0 Å². The molecular formula is C20H22ClFN4O2. The Hall–Kier alpha value is -1.99. The molecule has 2 aromatic rings. The van der Waals surface area contributed by atoms with Gasteiger partial charge in [0.05, 0.1) is 5.56 Å². The van der Waals surface area contributed by atoms with Crippen LogP contribution in [-0.4, -0.2) is 51.9 Å². The lowest BCUT2D eigenvalue weighted by Gasteiger charge is -2.37. The molecule has 2 saturated heterocycles. The smallest absolute Gasteiger partial charge is 0.256 e. The van der Waals surface area contributed by atoms with Crippen molar-refractivity contribution in [3.63, 3.8) is 0 Å². The summed E-state index contributed by atoms with van der Waals surface area (Å²) in [7, 11) is 0. The standard InChI is InChI=1S/C20H22ClFN4O2/c21-13-1-4-17(22)15(9-13)19(27)25-10-16(20(11-25)5-7-28-8-6-20)18-24-23-12-26(18)14-2-3-14/h1,4,9,12,14,16H,2-3,5-8,10-11H2. The highest BCUT2D eigenvalue weighted by Crippen LogP contribution is 2.50. The zero-order valence-electron chi connectivity index (χ0n) is 15.5. The predicted molar refractivity (Wildman–Crippen MR) is 101 cm³/mol. The Labute approximate surface area is 167 Å². The van der Waals surface area contributed by atoms with E-state index in [4.69, 9.17) is 16.3 Å². The van der Waals surface area contributed by atoms with Crippen LogP contribution in [0.25, 0.3) is 0 Å². The molecule has 1 unspecified atom stereocenters. The Balaban J connectivity index is 1.49. The molecule has 28 heavy (non-hydrogen) atoms. The van der Waals surface area contributed by atoms with Crippen LogP contribution in [0.15, 0.2) is 24.5 Å². The summed E-state index contributed by atoms with van der Waals surface area (Å²) in [6.45, 7) is 2.42. The Morgan fingerprint density at radius 2 is 2.07 bits per heavy atom. The van der Waals surface area contributed by atoms with Crippen LogP contribution < -0.4 is 0 Å². The number of hydrogen-bond donors (Lipinski definition) is 0. The van der Waals surface area contributed by atoms with Crippen molar-refractivity contribution in [2.75, 3.05) is 26.3 Å². The number of hydrogen-bond acceptors (Lipinski definition) is 4. The van der Waals surface area contributed by atoms with Crippen molar-refractivity contribution in [1.29, 1.82) is 0 Å². The van der Waals surface area contributed by atoms with Crippen molar-refractivity contribution >= 4 is 17.5 Å². The van der Waals surface area contributed by atoms with E-state index in [0.29, 0.717) is 37.4 Å². The molecule has 1 saturated carbocycles. The highest BCUT2D eigenvalue weighted by atomic mass is 35.5. The van der Waals surface area contributed by atoms with Crippen molar-refractivity contribution in [1.82, 2.24) is 19.7 Å². The molecule has 6 nitrogen and oxygen atoms in total. The van der Waals surface area contributed by atoms with Gasteiger partial charge in [-0.1, -0.05) is 11.6 Å². The van der Waals surface area contributed by atoms with E-state index in [0.717, 1.165) is 31.5 Å². The zero-order chi connectivity index (χ0) is 19.3. The minimum absolute atomic E-state index is 0.0269. The number of carbonyl (C=O) groups excluding carboxylic acids is 1. The first-order valence-electron chi connectivity index (χ1n) is 9.79. The molecule has 1 aromatic carbocycles. The maximum atomic E-state index is 14.3. The second-order valence-electron chi connectivity index (χ2n) is 8.16. The molecule has 3 aliphatic rings. The number of rotatable bonds is 3. The lowest BCUT2D eigenvalue weighted by Crippen LogP contribution is -2.38. The molecule has 0 N–H and O–H groups in total. The Morgan fingerprint density at radius 3 is 2.82 bits per heavy atom. The lowest BCUT2D eigenvalue weighted by molar-refractivity contribution is 0.0107. The van der Waals surface area contributed by atoms with Gasteiger partial charge >= 0.3 is 0 Å². The maximum absolute atomic E-state index is 14.3. The third-order valence-electron chi connectivity index (χ3n) is 6.44. The lowest BCUT2D eigenvalue weighted by atomic mass is 9.71. The van der Waals surface area contributed by atoms with E-state index < -0.39 is 5.82 Å². The van der Waals surface area contributed by atoms with Crippen LogP contribution in [-0.2, 0) is 4.74 Å². The van der Waals surface area contributed by atoms with E-state index >= 15 is 0 Å². The average molecular weight is 405 g/mol. The number of nitrogens with zero attached hydrogens (tertiary/aromatic N) is 4. The predicted octanol–water partition coefficient (Wildman–Crippen LogP) is 3.44. The molecule has 1 aromatic heterocycles. The Morgan fingerprint density at radius 1 is 1.29 bits per heavy atom. The summed E-state index contributed by atoms with van der Waals surface area (Å²) in [5.74, 6) is 0.169. The van der Waals surface area contributed by atoms with Crippen molar-refractivity contribution < 1.29 is 13.9 Å². The first-order valence-corrected chi connectivity index (χ1v) is 10.2. The highest BCUT2D eigenvalue weighted by molar-refractivity contribution is 6.31. The van der Waals surface area contributed by atoms with Gasteiger partial charge in [-0.25, -0.2) is 4.39 Å². The largest absolute Gasteiger partial charge is 0.381 e. The van der Waals surface area contributed by atoms with E-state index in [9.17, 15) is 9.18 Å². The molecule has 1 amide bonds. The summed E-state index contributed by atoms with van der Waals surface area (Å²) in [5.41, 5.74) is -0.0816. The number of likely N-dealkylation sites (tertiary alicyclic amines) is 1. The monoisotopic (exact) mass is 404 g/mol. The molecule has 148 valence electrons.